The summed E-state index contributed by atoms with van der Waals surface area (Å²) in [5.41, 5.74) is 1.26. The molecule has 0 unspecified atom stereocenters. The first-order valence-corrected chi connectivity index (χ1v) is 8.74. The fourth-order valence-corrected chi connectivity index (χ4v) is 2.95. The zero-order valence-corrected chi connectivity index (χ0v) is 14.6. The lowest BCUT2D eigenvalue weighted by molar-refractivity contribution is -0.121. The first-order valence-electron chi connectivity index (χ1n) is 8.74. The monoisotopic (exact) mass is 362 g/mol. The molecule has 8 nitrogen and oxygen atoms in total. The fourth-order valence-electron chi connectivity index (χ4n) is 2.95. The van der Waals surface area contributed by atoms with Crippen LogP contribution in [0.1, 0.15) is 24.5 Å². The minimum Gasteiger partial charge on any atom is -0.349 e. The highest BCUT2D eigenvalue weighted by molar-refractivity contribution is 5.77. The summed E-state index contributed by atoms with van der Waals surface area (Å²) in [6.07, 6.45) is 3.32. The van der Waals surface area contributed by atoms with Crippen molar-refractivity contribution in [1.29, 1.82) is 0 Å². The Kier molecular flexibility index (Phi) is 4.61. The topological polar surface area (TPSA) is 105 Å². The summed E-state index contributed by atoms with van der Waals surface area (Å²) in [5, 5.41) is 11.6. The molecule has 3 aromatic heterocycles. The number of rotatable bonds is 6. The van der Waals surface area contributed by atoms with Gasteiger partial charge in [-0.15, -0.1) is 10.2 Å². The number of carbonyl (C=O) groups is 1. The van der Waals surface area contributed by atoms with Gasteiger partial charge in [0.05, 0.1) is 17.4 Å². The second-order valence-electron chi connectivity index (χ2n) is 6.21. The van der Waals surface area contributed by atoms with Crippen LogP contribution in [-0.4, -0.2) is 30.5 Å². The average molecular weight is 362 g/mol. The second-order valence-corrected chi connectivity index (χ2v) is 6.21. The van der Waals surface area contributed by atoms with E-state index < -0.39 is 0 Å². The number of H-pyrrole nitrogens is 1. The number of aryl methyl sites for hydroxylation is 1. The van der Waals surface area contributed by atoms with Crippen molar-refractivity contribution in [3.63, 3.8) is 0 Å². The Morgan fingerprint density at radius 1 is 1.11 bits per heavy atom. The van der Waals surface area contributed by atoms with Crippen molar-refractivity contribution in [2.24, 2.45) is 0 Å². The maximum atomic E-state index is 12.1. The number of hydrogen-bond donors (Lipinski definition) is 2. The molecule has 136 valence electrons. The maximum Gasteiger partial charge on any atom is 0.258 e. The number of nitrogens with zero attached hydrogens (tertiary/aromatic N) is 4. The molecule has 8 heteroatoms. The summed E-state index contributed by atoms with van der Waals surface area (Å²) >= 11 is 0. The molecule has 4 aromatic rings. The van der Waals surface area contributed by atoms with Gasteiger partial charge in [-0.25, -0.2) is 4.98 Å². The molecule has 0 aliphatic heterocycles. The van der Waals surface area contributed by atoms with E-state index in [1.807, 2.05) is 47.0 Å². The van der Waals surface area contributed by atoms with Crippen molar-refractivity contribution >= 4 is 22.5 Å². The number of carbonyl (C=O) groups excluding carboxylic acids is 1. The van der Waals surface area contributed by atoms with Crippen LogP contribution >= 0.6 is 0 Å². The molecule has 0 spiro atoms. The number of aromatic nitrogens is 5. The molecule has 1 amide bonds. The number of benzene rings is 1. The Morgan fingerprint density at radius 2 is 1.96 bits per heavy atom. The lowest BCUT2D eigenvalue weighted by atomic mass is 10.2. The number of nitrogens with one attached hydrogen (secondary N) is 2. The van der Waals surface area contributed by atoms with E-state index >= 15 is 0 Å². The molecule has 3 heterocycles. The first-order chi connectivity index (χ1) is 13.2. The van der Waals surface area contributed by atoms with E-state index in [-0.39, 0.29) is 11.5 Å². The third-order valence-corrected chi connectivity index (χ3v) is 4.31. The Labute approximate surface area is 154 Å². The van der Waals surface area contributed by atoms with Gasteiger partial charge in [0.15, 0.2) is 11.5 Å². The van der Waals surface area contributed by atoms with Crippen LogP contribution in [0, 0.1) is 0 Å². The van der Waals surface area contributed by atoms with E-state index in [2.05, 4.69) is 25.5 Å². The van der Waals surface area contributed by atoms with Crippen LogP contribution in [0.5, 0.6) is 0 Å². The number of para-hydroxylation sites is 1. The highest BCUT2D eigenvalue weighted by Gasteiger charge is 2.08. The first kappa shape index (κ1) is 16.9. The van der Waals surface area contributed by atoms with Crippen LogP contribution in [0.2, 0.25) is 0 Å². The lowest BCUT2D eigenvalue weighted by Crippen LogP contribution is -2.24. The second kappa shape index (κ2) is 7.36. The molecular formula is C19H18N6O2. The Balaban J connectivity index is 1.31. The van der Waals surface area contributed by atoms with Gasteiger partial charge < -0.3 is 10.3 Å². The molecule has 0 saturated heterocycles. The van der Waals surface area contributed by atoms with E-state index in [4.69, 9.17) is 0 Å². The molecule has 0 atom stereocenters. The van der Waals surface area contributed by atoms with Gasteiger partial charge in [-0.05, 0) is 30.7 Å². The van der Waals surface area contributed by atoms with Gasteiger partial charge in [0.25, 0.3) is 5.56 Å². The van der Waals surface area contributed by atoms with Crippen LogP contribution in [0.3, 0.4) is 0 Å². The molecule has 0 aliphatic carbocycles. The van der Waals surface area contributed by atoms with Gasteiger partial charge in [-0.3, -0.25) is 14.0 Å². The molecule has 2 N–H and O–H groups in total. The summed E-state index contributed by atoms with van der Waals surface area (Å²) in [6, 6.07) is 12.8. The highest BCUT2D eigenvalue weighted by atomic mass is 16.1. The van der Waals surface area contributed by atoms with Crippen molar-refractivity contribution in [2.75, 3.05) is 0 Å². The minimum atomic E-state index is -0.154. The highest BCUT2D eigenvalue weighted by Crippen LogP contribution is 2.07. The molecule has 0 aliphatic rings. The molecule has 4 rings (SSSR count). The van der Waals surface area contributed by atoms with Crippen LogP contribution in [0.25, 0.3) is 16.6 Å². The Morgan fingerprint density at radius 3 is 2.89 bits per heavy atom. The van der Waals surface area contributed by atoms with Gasteiger partial charge in [0.2, 0.25) is 5.91 Å². The van der Waals surface area contributed by atoms with Gasteiger partial charge in [-0.1, -0.05) is 18.2 Å². The lowest BCUT2D eigenvalue weighted by Gasteiger charge is -2.05. The standard InChI is InChI=1S/C19H18N6O2/c26-18(20-12-17-24-23-16-9-3-4-11-25(16)17)10-5-8-15-21-14-7-2-1-6-13(14)19(27)22-15/h1-4,6-7,9,11H,5,8,10,12H2,(H,20,26)(H,21,22,27). The minimum absolute atomic E-state index is 0.0779. The molecule has 0 fully saturated rings. The van der Waals surface area contributed by atoms with Crippen LogP contribution in [0.4, 0.5) is 0 Å². The molecule has 0 radical (unpaired) electrons. The zero-order chi connectivity index (χ0) is 18.6. The average Bonchev–Trinajstić information content (AvgIpc) is 3.10. The smallest absolute Gasteiger partial charge is 0.258 e. The van der Waals surface area contributed by atoms with Crippen molar-refractivity contribution in [3.05, 3.63) is 70.7 Å². The number of hydrogen-bond acceptors (Lipinski definition) is 5. The number of aromatic amines is 1. The maximum absolute atomic E-state index is 12.1. The number of amides is 1. The van der Waals surface area contributed by atoms with E-state index in [1.165, 1.54) is 0 Å². The summed E-state index contributed by atoms with van der Waals surface area (Å²) in [7, 11) is 0. The van der Waals surface area contributed by atoms with E-state index in [0.717, 1.165) is 5.65 Å². The fraction of sp³-hybridized carbons (Fsp3) is 0.211. The predicted molar refractivity (Wildman–Crippen MR) is 100 cm³/mol. The Hall–Kier alpha value is -3.55. The van der Waals surface area contributed by atoms with Crippen molar-refractivity contribution in [3.8, 4) is 0 Å². The van der Waals surface area contributed by atoms with Crippen molar-refractivity contribution < 1.29 is 4.79 Å². The molecule has 1 aromatic carbocycles. The third-order valence-electron chi connectivity index (χ3n) is 4.31. The number of fused-ring (bicyclic) bond motifs is 2. The Bertz CT molecular complexity index is 1160. The van der Waals surface area contributed by atoms with E-state index in [9.17, 15) is 9.59 Å². The summed E-state index contributed by atoms with van der Waals surface area (Å²) < 4.78 is 1.84. The number of pyridine rings is 1. The molecular weight excluding hydrogens is 344 g/mol. The van der Waals surface area contributed by atoms with Crippen molar-refractivity contribution in [2.45, 2.75) is 25.8 Å². The predicted octanol–water partition coefficient (Wildman–Crippen LogP) is 1.60. The van der Waals surface area contributed by atoms with Crippen LogP contribution in [-0.2, 0) is 17.8 Å². The van der Waals surface area contributed by atoms with E-state index in [0.29, 0.717) is 48.4 Å². The zero-order valence-electron chi connectivity index (χ0n) is 14.6. The summed E-state index contributed by atoms with van der Waals surface area (Å²) in [4.78, 5) is 31.4. The van der Waals surface area contributed by atoms with Gasteiger partial charge in [0, 0.05) is 19.0 Å². The molecule has 27 heavy (non-hydrogen) atoms. The molecule has 0 saturated carbocycles. The van der Waals surface area contributed by atoms with Gasteiger partial charge >= 0.3 is 0 Å². The molecule has 0 bridgehead atoms. The van der Waals surface area contributed by atoms with Gasteiger partial charge in [0.1, 0.15) is 5.82 Å². The largest absolute Gasteiger partial charge is 0.349 e. The van der Waals surface area contributed by atoms with Crippen LogP contribution < -0.4 is 10.9 Å². The van der Waals surface area contributed by atoms with Crippen molar-refractivity contribution in [1.82, 2.24) is 29.9 Å². The summed E-state index contributed by atoms with van der Waals surface area (Å²) in [6.45, 7) is 0.315. The van der Waals surface area contributed by atoms with Crippen LogP contribution in [0.15, 0.2) is 53.5 Å². The van der Waals surface area contributed by atoms with Gasteiger partial charge in [-0.2, -0.15) is 0 Å². The normalized spacial score (nSPS) is 11.1. The third kappa shape index (κ3) is 3.69. The quantitative estimate of drug-likeness (QED) is 0.542. The van der Waals surface area contributed by atoms with E-state index in [1.54, 1.807) is 6.07 Å². The summed E-state index contributed by atoms with van der Waals surface area (Å²) in [5.74, 6) is 1.19. The SMILES string of the molecule is O=C(CCCc1nc2ccccc2c(=O)[nH]1)NCc1nnc2ccccn12.